The van der Waals surface area contributed by atoms with E-state index in [4.69, 9.17) is 25.3 Å². The zero-order chi connectivity index (χ0) is 31.5. The number of hydrogen-bond acceptors (Lipinski definition) is 11. The van der Waals surface area contributed by atoms with Crippen molar-refractivity contribution in [2.24, 2.45) is 16.9 Å². The van der Waals surface area contributed by atoms with Crippen molar-refractivity contribution in [1.29, 1.82) is 0 Å². The Kier molecular flexibility index (Phi) is 9.96. The van der Waals surface area contributed by atoms with Gasteiger partial charge < -0.3 is 19.1 Å². The molecular weight excluding hydrogens is 617 g/mol. The zero-order valence-corrected chi connectivity index (χ0v) is 25.4. The molecule has 0 unspecified atom stereocenters. The number of carbonyl (C=O) groups is 1. The van der Waals surface area contributed by atoms with Crippen LogP contribution in [0.4, 0.5) is 24.5 Å². The number of benzene rings is 1. The van der Waals surface area contributed by atoms with Crippen molar-refractivity contribution in [3.8, 4) is 11.6 Å². The van der Waals surface area contributed by atoms with Gasteiger partial charge in [0, 0.05) is 37.4 Å². The Morgan fingerprint density at radius 1 is 1.19 bits per heavy atom. The van der Waals surface area contributed by atoms with Crippen molar-refractivity contribution < 1.29 is 44.8 Å². The number of rotatable bonds is 10. The van der Waals surface area contributed by atoms with Crippen molar-refractivity contribution in [3.63, 3.8) is 0 Å². The van der Waals surface area contributed by atoms with Gasteiger partial charge in [0.2, 0.25) is 5.88 Å². The zero-order valence-electron chi connectivity index (χ0n) is 23.9. The molecule has 0 saturated carbocycles. The van der Waals surface area contributed by atoms with Crippen LogP contribution >= 0.6 is 11.6 Å². The number of aromatic nitrogens is 1. The predicted molar refractivity (Wildman–Crippen MR) is 153 cm³/mol. The molecule has 2 aliphatic rings. The lowest BCUT2D eigenvalue weighted by atomic mass is 9.94. The number of ether oxygens (including phenoxy) is 3. The van der Waals surface area contributed by atoms with Crippen LogP contribution in [0.1, 0.15) is 19.8 Å². The molecule has 236 valence electrons. The van der Waals surface area contributed by atoms with E-state index in [0.717, 1.165) is 6.26 Å². The van der Waals surface area contributed by atoms with Gasteiger partial charge in [-0.25, -0.2) is 4.98 Å². The molecule has 1 aromatic heterocycles. The summed E-state index contributed by atoms with van der Waals surface area (Å²) >= 11 is 6.39. The summed E-state index contributed by atoms with van der Waals surface area (Å²) in [5, 5.41) is 5.40. The summed E-state index contributed by atoms with van der Waals surface area (Å²) in [4.78, 5) is 18.0. The van der Waals surface area contributed by atoms with Crippen molar-refractivity contribution in [3.05, 3.63) is 41.6 Å². The molecule has 0 N–H and O–H groups in total. The van der Waals surface area contributed by atoms with Crippen molar-refractivity contribution in [1.82, 2.24) is 4.98 Å². The van der Waals surface area contributed by atoms with Gasteiger partial charge in [-0.05, 0) is 24.3 Å². The predicted octanol–water partition coefficient (Wildman–Crippen LogP) is 4.30. The monoisotopic (exact) mass is 648 g/mol. The second kappa shape index (κ2) is 13.1. The van der Waals surface area contributed by atoms with Crippen molar-refractivity contribution in [2.75, 3.05) is 50.1 Å². The number of carbonyl (C=O) groups excluding carboxylic acids is 1. The van der Waals surface area contributed by atoms with Gasteiger partial charge in [0.25, 0.3) is 10.1 Å². The highest BCUT2D eigenvalue weighted by atomic mass is 35.5. The maximum atomic E-state index is 13.6. The summed E-state index contributed by atoms with van der Waals surface area (Å²) in [6, 6.07) is 7.07. The van der Waals surface area contributed by atoms with Crippen LogP contribution in [-0.2, 0) is 23.8 Å². The Bertz CT molecular complexity index is 1440. The number of hydrogen-bond donors (Lipinski definition) is 0. The Labute approximate surface area is 252 Å². The van der Waals surface area contributed by atoms with E-state index in [2.05, 4.69) is 14.8 Å². The molecule has 0 aliphatic carbocycles. The van der Waals surface area contributed by atoms with Crippen molar-refractivity contribution >= 4 is 44.8 Å². The minimum absolute atomic E-state index is 0.145. The Hall–Kier alpha value is -3.30. The number of anilines is 2. The number of pyridine rings is 1. The van der Waals surface area contributed by atoms with E-state index in [0.29, 0.717) is 47.5 Å². The molecule has 16 heteroatoms. The summed E-state index contributed by atoms with van der Waals surface area (Å²) in [6.45, 7) is 2.09. The fourth-order valence-electron chi connectivity index (χ4n) is 5.13. The van der Waals surface area contributed by atoms with Crippen LogP contribution in [0.2, 0.25) is 5.02 Å². The average Bonchev–Trinajstić information content (AvgIpc) is 3.28. The van der Waals surface area contributed by atoms with Crippen LogP contribution in [-0.4, -0.2) is 83.6 Å². The van der Waals surface area contributed by atoms with Gasteiger partial charge >= 0.3 is 12.1 Å². The first-order chi connectivity index (χ1) is 20.2. The Balaban J connectivity index is 1.53. The first-order valence-electron chi connectivity index (χ1n) is 13.3. The number of halogens is 4. The van der Waals surface area contributed by atoms with E-state index in [1.807, 2.05) is 4.90 Å². The van der Waals surface area contributed by atoms with Gasteiger partial charge in [-0.15, -0.1) is 0 Å². The summed E-state index contributed by atoms with van der Waals surface area (Å²) in [5.74, 6) is -1.34. The fraction of sp³-hybridized carbons (Fsp3) is 0.519. The van der Waals surface area contributed by atoms with E-state index in [9.17, 15) is 26.4 Å². The molecule has 0 bridgehead atoms. The van der Waals surface area contributed by atoms with Gasteiger partial charge in [0.05, 0.1) is 62.1 Å². The number of piperidine rings is 1. The van der Waals surface area contributed by atoms with E-state index in [1.165, 1.54) is 32.3 Å². The molecule has 43 heavy (non-hydrogen) atoms. The highest BCUT2D eigenvalue weighted by Crippen LogP contribution is 2.38. The number of hydrazone groups is 1. The van der Waals surface area contributed by atoms with Crippen LogP contribution in [0.15, 0.2) is 41.6 Å². The lowest BCUT2D eigenvalue weighted by Gasteiger charge is -2.39. The molecule has 4 rings (SSSR count). The van der Waals surface area contributed by atoms with Crippen LogP contribution in [0.3, 0.4) is 0 Å². The minimum atomic E-state index is -4.66. The van der Waals surface area contributed by atoms with Gasteiger partial charge in [0.1, 0.15) is 17.6 Å². The van der Waals surface area contributed by atoms with E-state index < -0.39 is 52.0 Å². The highest BCUT2D eigenvalue weighted by molar-refractivity contribution is 7.85. The first kappa shape index (κ1) is 32.6. The third-order valence-electron chi connectivity index (χ3n) is 7.34. The topological polar surface area (TPSA) is 120 Å². The fourth-order valence-corrected chi connectivity index (χ4v) is 5.77. The molecule has 3 heterocycles. The molecule has 1 saturated heterocycles. The maximum Gasteiger partial charge on any atom is 0.431 e. The van der Waals surface area contributed by atoms with Crippen LogP contribution in [0.5, 0.6) is 11.6 Å². The SMILES string of the molecule is COC(=O)C[C@H]1[C@H](C)C(C(F)(F)F)=NN1c1ccc(O[C@@H]2CCN(c3cc(OC)ncc3Cl)C[C@H]2COS(C)(=O)=O)cc1. The smallest absolute Gasteiger partial charge is 0.431 e. The largest absolute Gasteiger partial charge is 0.490 e. The normalized spacial score (nSPS) is 22.7. The lowest BCUT2D eigenvalue weighted by Crippen LogP contribution is -2.47. The first-order valence-corrected chi connectivity index (χ1v) is 15.5. The van der Waals surface area contributed by atoms with Gasteiger partial charge in [-0.2, -0.15) is 26.7 Å². The molecule has 11 nitrogen and oxygen atoms in total. The van der Waals surface area contributed by atoms with Crippen molar-refractivity contribution in [2.45, 2.75) is 38.1 Å². The summed E-state index contributed by atoms with van der Waals surface area (Å²) in [6.07, 6.45) is -2.49. The Morgan fingerprint density at radius 2 is 1.88 bits per heavy atom. The second-order valence-electron chi connectivity index (χ2n) is 10.3. The highest BCUT2D eigenvalue weighted by Gasteiger charge is 2.49. The second-order valence-corrected chi connectivity index (χ2v) is 12.3. The molecular formula is C27H32ClF3N4O7S. The molecule has 1 aromatic carbocycles. The van der Waals surface area contributed by atoms with E-state index in [-0.39, 0.29) is 13.0 Å². The van der Waals surface area contributed by atoms with Crippen LogP contribution in [0, 0.1) is 11.8 Å². The van der Waals surface area contributed by atoms with Crippen LogP contribution in [0.25, 0.3) is 0 Å². The maximum absolute atomic E-state index is 13.6. The number of esters is 1. The summed E-state index contributed by atoms with van der Waals surface area (Å²) < 4.78 is 85.7. The molecule has 0 radical (unpaired) electrons. The molecule has 1 fully saturated rings. The van der Waals surface area contributed by atoms with Gasteiger partial charge in [-0.1, -0.05) is 18.5 Å². The van der Waals surface area contributed by atoms with E-state index in [1.54, 1.807) is 30.3 Å². The quantitative estimate of drug-likeness (QED) is 0.272. The summed E-state index contributed by atoms with van der Waals surface area (Å²) in [7, 11) is -1.08. The summed E-state index contributed by atoms with van der Waals surface area (Å²) in [5.41, 5.74) is 0.0235. The molecule has 4 atom stereocenters. The third kappa shape index (κ3) is 8.00. The van der Waals surface area contributed by atoms with Crippen LogP contribution < -0.4 is 19.4 Å². The number of methoxy groups -OCH3 is 2. The molecule has 2 aromatic rings. The third-order valence-corrected chi connectivity index (χ3v) is 8.20. The standard InChI is InChI=1S/C27H32ClF3N4O7S/c1-16-21(12-25(36)40-3)35(33-26(16)27(29,30)31)18-5-7-19(8-6-18)42-23-9-10-34(14-17(23)15-41-43(4,37)38)22-11-24(39-2)32-13-20(22)28/h5-8,11,13,16-17,21,23H,9-10,12,14-15H2,1-4H3/t16-,17-,21-,23+/m0/s1. The molecule has 2 aliphatic heterocycles. The molecule has 0 amide bonds. The number of alkyl halides is 3. The average molecular weight is 649 g/mol. The molecule has 0 spiro atoms. The van der Waals surface area contributed by atoms with Gasteiger partial charge in [0.15, 0.2) is 0 Å². The Morgan fingerprint density at radius 3 is 2.49 bits per heavy atom. The number of nitrogens with zero attached hydrogens (tertiary/aromatic N) is 4. The van der Waals surface area contributed by atoms with E-state index >= 15 is 0 Å². The lowest BCUT2D eigenvalue weighted by molar-refractivity contribution is -0.141. The minimum Gasteiger partial charge on any atom is -0.490 e. The van der Waals surface area contributed by atoms with Gasteiger partial charge in [-0.3, -0.25) is 14.0 Å².